The highest BCUT2D eigenvalue weighted by Gasteiger charge is 2.10. The summed E-state index contributed by atoms with van der Waals surface area (Å²) in [4.78, 5) is 0. The largest absolute Gasteiger partial charge is 0.475 e. The van der Waals surface area contributed by atoms with Gasteiger partial charge in [-0.25, -0.2) is 0 Å². The van der Waals surface area contributed by atoms with Gasteiger partial charge in [0, 0.05) is 12.6 Å². The van der Waals surface area contributed by atoms with Crippen molar-refractivity contribution in [1.82, 2.24) is 5.32 Å². The molecule has 0 aliphatic heterocycles. The van der Waals surface area contributed by atoms with Crippen LogP contribution < -0.4 is 10.1 Å². The number of hydrogen-bond donors (Lipinski definition) is 1. The van der Waals surface area contributed by atoms with Gasteiger partial charge in [0.2, 0.25) is 0 Å². The van der Waals surface area contributed by atoms with Gasteiger partial charge in [0.05, 0.1) is 0 Å². The summed E-state index contributed by atoms with van der Waals surface area (Å²) in [5.41, 5.74) is 3.41. The molecule has 1 rings (SSSR count). The highest BCUT2D eigenvalue weighted by Crippen LogP contribution is 2.25. The van der Waals surface area contributed by atoms with E-state index in [1.54, 1.807) is 6.92 Å². The second-order valence-corrected chi connectivity index (χ2v) is 4.98. The normalized spacial score (nSPS) is 12.3. The molecule has 1 unspecified atom stereocenters. The van der Waals surface area contributed by atoms with E-state index in [0.29, 0.717) is 6.04 Å². The SMILES string of the molecule is Cc1cc(CNC(C)C)cc(C)c1OC(C)C#N. The molecule has 0 saturated heterocycles. The first-order chi connectivity index (χ1) is 8.43. The number of nitrogens with zero attached hydrogens (tertiary/aromatic N) is 1. The molecule has 0 amide bonds. The molecule has 3 nitrogen and oxygen atoms in total. The minimum absolute atomic E-state index is 0.415. The van der Waals surface area contributed by atoms with Crippen LogP contribution in [0.4, 0.5) is 0 Å². The summed E-state index contributed by atoms with van der Waals surface area (Å²) in [6.45, 7) is 10.9. The van der Waals surface area contributed by atoms with Crippen molar-refractivity contribution in [2.75, 3.05) is 0 Å². The highest BCUT2D eigenvalue weighted by atomic mass is 16.5. The highest BCUT2D eigenvalue weighted by molar-refractivity contribution is 5.43. The van der Waals surface area contributed by atoms with E-state index >= 15 is 0 Å². The molecule has 1 atom stereocenters. The molecule has 18 heavy (non-hydrogen) atoms. The first kappa shape index (κ1) is 14.5. The van der Waals surface area contributed by atoms with Crippen LogP contribution in [0.25, 0.3) is 0 Å². The minimum atomic E-state index is -0.415. The third-order valence-electron chi connectivity index (χ3n) is 2.71. The molecule has 0 aromatic heterocycles. The fourth-order valence-corrected chi connectivity index (χ4v) is 1.85. The van der Waals surface area contributed by atoms with E-state index < -0.39 is 6.10 Å². The molecule has 0 radical (unpaired) electrons. The lowest BCUT2D eigenvalue weighted by molar-refractivity contribution is 0.272. The maximum atomic E-state index is 8.79. The average Bonchev–Trinajstić information content (AvgIpc) is 2.30. The van der Waals surface area contributed by atoms with E-state index in [9.17, 15) is 0 Å². The quantitative estimate of drug-likeness (QED) is 0.868. The third-order valence-corrected chi connectivity index (χ3v) is 2.71. The molecular weight excluding hydrogens is 224 g/mol. The van der Waals surface area contributed by atoms with Gasteiger partial charge in [0.25, 0.3) is 0 Å². The van der Waals surface area contributed by atoms with E-state index in [4.69, 9.17) is 10.00 Å². The summed E-state index contributed by atoms with van der Waals surface area (Å²) in [5, 5.41) is 12.2. The molecule has 98 valence electrons. The van der Waals surface area contributed by atoms with E-state index in [-0.39, 0.29) is 0 Å². The van der Waals surface area contributed by atoms with Crippen molar-refractivity contribution in [3.63, 3.8) is 0 Å². The van der Waals surface area contributed by atoms with Crippen LogP contribution in [0.1, 0.15) is 37.5 Å². The van der Waals surface area contributed by atoms with Crippen molar-refractivity contribution < 1.29 is 4.74 Å². The molecule has 0 aliphatic carbocycles. The van der Waals surface area contributed by atoms with Crippen molar-refractivity contribution >= 4 is 0 Å². The predicted octanol–water partition coefficient (Wildman–Crippen LogP) is 3.09. The standard InChI is InChI=1S/C15H22N2O/c1-10(2)17-9-14-6-11(3)15(12(4)7-14)18-13(5)8-16/h6-7,10,13,17H,9H2,1-5H3. The van der Waals surface area contributed by atoms with Gasteiger partial charge in [0.1, 0.15) is 11.8 Å². The number of nitriles is 1. The minimum Gasteiger partial charge on any atom is -0.475 e. The summed E-state index contributed by atoms with van der Waals surface area (Å²) >= 11 is 0. The van der Waals surface area contributed by atoms with E-state index in [1.807, 2.05) is 13.8 Å². The van der Waals surface area contributed by atoms with Crippen molar-refractivity contribution in [3.05, 3.63) is 28.8 Å². The number of benzene rings is 1. The summed E-state index contributed by atoms with van der Waals surface area (Å²) in [6, 6.07) is 6.79. The zero-order valence-electron chi connectivity index (χ0n) is 11.9. The smallest absolute Gasteiger partial charge is 0.181 e. The average molecular weight is 246 g/mol. The van der Waals surface area contributed by atoms with Crippen LogP contribution >= 0.6 is 0 Å². The Bertz CT molecular complexity index is 423. The van der Waals surface area contributed by atoms with Crippen molar-refractivity contribution in [2.24, 2.45) is 0 Å². The Labute approximate surface area is 110 Å². The van der Waals surface area contributed by atoms with Crippen LogP contribution in [0.3, 0.4) is 0 Å². The lowest BCUT2D eigenvalue weighted by atomic mass is 10.1. The van der Waals surface area contributed by atoms with Crippen molar-refractivity contribution in [1.29, 1.82) is 5.26 Å². The van der Waals surface area contributed by atoms with Crippen LogP contribution in [0, 0.1) is 25.2 Å². The van der Waals surface area contributed by atoms with Gasteiger partial charge in [-0.05, 0) is 37.5 Å². The molecule has 0 fully saturated rings. The van der Waals surface area contributed by atoms with E-state index in [2.05, 4.69) is 37.4 Å². The Kier molecular flexibility index (Phi) is 5.18. The molecule has 0 aliphatic rings. The summed E-state index contributed by atoms with van der Waals surface area (Å²) in [7, 11) is 0. The Balaban J connectivity index is 2.87. The summed E-state index contributed by atoms with van der Waals surface area (Å²) < 4.78 is 5.62. The lowest BCUT2D eigenvalue weighted by Gasteiger charge is -2.16. The van der Waals surface area contributed by atoms with Gasteiger partial charge in [0.15, 0.2) is 6.10 Å². The van der Waals surface area contributed by atoms with Crippen LogP contribution in [0.15, 0.2) is 12.1 Å². The molecule has 0 heterocycles. The molecule has 1 N–H and O–H groups in total. The third kappa shape index (κ3) is 4.05. The number of nitrogens with one attached hydrogen (secondary N) is 1. The van der Waals surface area contributed by atoms with Crippen LogP contribution in [0.2, 0.25) is 0 Å². The zero-order valence-corrected chi connectivity index (χ0v) is 11.9. The first-order valence-corrected chi connectivity index (χ1v) is 6.33. The van der Waals surface area contributed by atoms with E-state index in [0.717, 1.165) is 23.4 Å². The van der Waals surface area contributed by atoms with Crippen LogP contribution in [-0.2, 0) is 6.54 Å². The van der Waals surface area contributed by atoms with Gasteiger partial charge < -0.3 is 10.1 Å². The van der Waals surface area contributed by atoms with Crippen LogP contribution in [0.5, 0.6) is 5.75 Å². The van der Waals surface area contributed by atoms with Gasteiger partial charge in [-0.1, -0.05) is 26.0 Å². The zero-order chi connectivity index (χ0) is 13.7. The molecule has 0 spiro atoms. The van der Waals surface area contributed by atoms with Crippen molar-refractivity contribution in [2.45, 2.75) is 53.3 Å². The number of ether oxygens (including phenoxy) is 1. The molecule has 1 aromatic rings. The van der Waals surface area contributed by atoms with E-state index in [1.165, 1.54) is 5.56 Å². The fourth-order valence-electron chi connectivity index (χ4n) is 1.85. The van der Waals surface area contributed by atoms with Crippen molar-refractivity contribution in [3.8, 4) is 11.8 Å². The lowest BCUT2D eigenvalue weighted by Crippen LogP contribution is -2.22. The number of aryl methyl sites for hydroxylation is 2. The summed E-state index contributed by atoms with van der Waals surface area (Å²) in [6.07, 6.45) is -0.415. The Morgan fingerprint density at radius 1 is 1.22 bits per heavy atom. The topological polar surface area (TPSA) is 45.0 Å². The number of hydrogen-bond acceptors (Lipinski definition) is 3. The van der Waals surface area contributed by atoms with Gasteiger partial charge in [-0.3, -0.25) is 0 Å². The molecular formula is C15H22N2O. The second kappa shape index (κ2) is 6.42. The monoisotopic (exact) mass is 246 g/mol. The predicted molar refractivity (Wildman–Crippen MR) is 73.6 cm³/mol. The maximum absolute atomic E-state index is 8.79. The maximum Gasteiger partial charge on any atom is 0.181 e. The molecule has 0 bridgehead atoms. The van der Waals surface area contributed by atoms with Gasteiger partial charge in [-0.2, -0.15) is 5.26 Å². The Morgan fingerprint density at radius 2 is 1.78 bits per heavy atom. The van der Waals surface area contributed by atoms with Crippen LogP contribution in [-0.4, -0.2) is 12.1 Å². The number of rotatable bonds is 5. The first-order valence-electron chi connectivity index (χ1n) is 6.33. The fraction of sp³-hybridized carbons (Fsp3) is 0.533. The van der Waals surface area contributed by atoms with Gasteiger partial charge >= 0.3 is 0 Å². The molecule has 1 aromatic carbocycles. The Hall–Kier alpha value is -1.53. The summed E-state index contributed by atoms with van der Waals surface area (Å²) in [5.74, 6) is 0.831. The Morgan fingerprint density at radius 3 is 2.22 bits per heavy atom. The second-order valence-electron chi connectivity index (χ2n) is 4.98. The molecule has 3 heteroatoms. The van der Waals surface area contributed by atoms with Gasteiger partial charge in [-0.15, -0.1) is 0 Å². The molecule has 0 saturated carbocycles.